The van der Waals surface area contributed by atoms with Crippen LogP contribution in [-0.2, 0) is 31.9 Å². The van der Waals surface area contributed by atoms with Gasteiger partial charge in [0, 0.05) is 18.1 Å². The van der Waals surface area contributed by atoms with Gasteiger partial charge in [0.25, 0.3) is 0 Å². The van der Waals surface area contributed by atoms with Crippen LogP contribution in [-0.4, -0.2) is 9.97 Å². The van der Waals surface area contributed by atoms with Gasteiger partial charge in [-0.2, -0.15) is 0 Å². The first-order valence-corrected chi connectivity index (χ1v) is 13.8. The van der Waals surface area contributed by atoms with Crippen LogP contribution in [0.4, 0.5) is 0 Å². The summed E-state index contributed by atoms with van der Waals surface area (Å²) < 4.78 is 19.2. The van der Waals surface area contributed by atoms with Crippen molar-refractivity contribution in [1.29, 1.82) is 0 Å². The molecule has 0 amide bonds. The van der Waals surface area contributed by atoms with Crippen molar-refractivity contribution in [3.8, 4) is 34.0 Å². The van der Waals surface area contributed by atoms with Crippen molar-refractivity contribution in [2.75, 3.05) is 0 Å². The summed E-state index contributed by atoms with van der Waals surface area (Å²) in [6, 6.07) is 26.8. The summed E-state index contributed by atoms with van der Waals surface area (Å²) in [5.41, 5.74) is 8.28. The van der Waals surface area contributed by atoms with E-state index in [1.807, 2.05) is 60.9 Å². The fourth-order valence-corrected chi connectivity index (χ4v) is 5.19. The smallest absolute Gasteiger partial charge is 0.500 e. The number of hydrogen-bond acceptors (Lipinski definition) is 5. The maximum atomic E-state index is 6.48. The fraction of sp³-hybridized carbons (Fsp3) is 0.222. The summed E-state index contributed by atoms with van der Waals surface area (Å²) in [6.45, 7) is 13.1. The third-order valence-corrected chi connectivity index (χ3v) is 7.56. The quantitative estimate of drug-likeness (QED) is 0.169. The molecule has 0 unspecified atom stereocenters. The van der Waals surface area contributed by atoms with Crippen LogP contribution in [0.1, 0.15) is 52.7 Å². The Balaban J connectivity index is 0.00000316. The van der Waals surface area contributed by atoms with Gasteiger partial charge in [0.2, 0.25) is 0 Å². The van der Waals surface area contributed by atoms with Crippen LogP contribution in [0.3, 0.4) is 0 Å². The number of ether oxygens (including phenoxy) is 1. The minimum atomic E-state index is -0.0390. The van der Waals surface area contributed by atoms with Crippen molar-refractivity contribution in [3.05, 3.63) is 96.3 Å². The summed E-state index contributed by atoms with van der Waals surface area (Å²) in [7, 11) is 0. The second kappa shape index (κ2) is 10.1. The molecule has 0 atom stereocenters. The topological polar surface area (TPSA) is 61.3 Å². The molecule has 0 spiro atoms. The average Bonchev–Trinajstić information content (AvgIpc) is 3.54. The minimum Gasteiger partial charge on any atom is -0.500 e. The van der Waals surface area contributed by atoms with Crippen molar-refractivity contribution in [1.82, 2.24) is 9.97 Å². The number of nitrogens with zero attached hydrogens (tertiary/aromatic N) is 2. The van der Waals surface area contributed by atoms with Crippen molar-refractivity contribution in [3.63, 3.8) is 0 Å². The van der Waals surface area contributed by atoms with Gasteiger partial charge in [-0.05, 0) is 56.9 Å². The molecule has 0 aliphatic carbocycles. The van der Waals surface area contributed by atoms with Crippen LogP contribution in [0, 0.1) is 12.1 Å². The van der Waals surface area contributed by atoms with Crippen molar-refractivity contribution in [2.24, 2.45) is 0 Å². The molecule has 6 heteroatoms. The Morgan fingerprint density at radius 2 is 1.40 bits per heavy atom. The van der Waals surface area contributed by atoms with Crippen LogP contribution in [0.15, 0.2) is 81.9 Å². The van der Waals surface area contributed by atoms with E-state index < -0.39 is 0 Å². The predicted octanol–water partition coefficient (Wildman–Crippen LogP) is 9.88. The van der Waals surface area contributed by atoms with Gasteiger partial charge in [-0.3, -0.25) is 0 Å². The molecule has 0 aliphatic heterocycles. The maximum Gasteiger partial charge on any atom is 2.00 e. The number of aromatic nitrogens is 2. The average molecular weight is 734 g/mol. The summed E-state index contributed by atoms with van der Waals surface area (Å²) in [5, 5.41) is 1.81. The van der Waals surface area contributed by atoms with Crippen LogP contribution in [0.2, 0.25) is 0 Å². The maximum absolute atomic E-state index is 6.48. The normalized spacial score (nSPS) is 12.3. The summed E-state index contributed by atoms with van der Waals surface area (Å²) in [6.07, 6.45) is 3.77. The minimum absolute atomic E-state index is 0. The number of rotatable bonds is 4. The Kier molecular flexibility index (Phi) is 6.78. The zero-order valence-corrected chi connectivity index (χ0v) is 26.6. The molecule has 4 heterocycles. The zero-order chi connectivity index (χ0) is 28.5. The molecule has 0 radical (unpaired) electrons. The Labute approximate surface area is 259 Å². The van der Waals surface area contributed by atoms with Gasteiger partial charge >= 0.3 is 21.1 Å². The predicted molar refractivity (Wildman–Crippen MR) is 163 cm³/mol. The molecule has 0 aliphatic rings. The first-order valence-electron chi connectivity index (χ1n) is 13.8. The van der Waals surface area contributed by atoms with Gasteiger partial charge in [0.05, 0.1) is 22.3 Å². The molecule has 0 saturated carbocycles. The SMILES string of the molecule is CC(C)(C)c1ccc(-c2[c-]c(Oc3[c-]c(-c4cc(C(C)(C)C)ccn4)c4oc5cccc6oc3c4c65)ccc2)nc1.[Pt+2]. The Hall–Kier alpha value is -3.95. The second-order valence-electron chi connectivity index (χ2n) is 12.6. The van der Waals surface area contributed by atoms with E-state index in [1.165, 1.54) is 11.1 Å². The Morgan fingerprint density at radius 3 is 2.10 bits per heavy atom. The molecule has 4 aromatic heterocycles. The molecule has 0 bridgehead atoms. The van der Waals surface area contributed by atoms with Crippen LogP contribution in [0.25, 0.3) is 55.6 Å². The van der Waals surface area contributed by atoms with Crippen molar-refractivity contribution < 1.29 is 34.6 Å². The van der Waals surface area contributed by atoms with Gasteiger partial charge in [-0.25, -0.2) is 0 Å². The van der Waals surface area contributed by atoms with Gasteiger partial charge in [-0.15, -0.1) is 23.8 Å². The Bertz CT molecular complexity index is 2040. The summed E-state index contributed by atoms with van der Waals surface area (Å²) >= 11 is 0. The van der Waals surface area contributed by atoms with E-state index in [4.69, 9.17) is 23.5 Å². The van der Waals surface area contributed by atoms with E-state index in [-0.39, 0.29) is 31.9 Å². The largest absolute Gasteiger partial charge is 2.00 e. The monoisotopic (exact) mass is 733 g/mol. The molecule has 7 aromatic rings. The molecule has 212 valence electrons. The van der Waals surface area contributed by atoms with Crippen LogP contribution in [0.5, 0.6) is 11.5 Å². The standard InChI is InChI=1S/C36H30N2O3.Pt/c1-35(2,3)22-15-16-37-27(18-22)25-19-30(34-32-31-28(40-33(25)32)11-8-12-29(31)41-34)39-24-10-7-9-21(17-24)26-14-13-23(20-38-26)36(4,5)6;/h7-16,18,20H,1-6H3;/q-2;+2. The number of benzene rings is 3. The molecule has 3 aromatic carbocycles. The van der Waals surface area contributed by atoms with E-state index in [9.17, 15) is 0 Å². The van der Waals surface area contributed by atoms with Gasteiger partial charge in [0.15, 0.2) is 0 Å². The molecule has 42 heavy (non-hydrogen) atoms. The number of pyridine rings is 2. The second-order valence-corrected chi connectivity index (χ2v) is 12.6. The van der Waals surface area contributed by atoms with Crippen LogP contribution >= 0.6 is 0 Å². The van der Waals surface area contributed by atoms with E-state index in [1.54, 1.807) is 0 Å². The fourth-order valence-electron chi connectivity index (χ4n) is 5.19. The van der Waals surface area contributed by atoms with Crippen LogP contribution < -0.4 is 4.74 Å². The molecule has 5 nitrogen and oxygen atoms in total. The van der Waals surface area contributed by atoms with E-state index in [2.05, 4.69) is 65.8 Å². The first kappa shape index (κ1) is 28.2. The summed E-state index contributed by atoms with van der Waals surface area (Å²) in [5.74, 6) is 0.997. The van der Waals surface area contributed by atoms with Crippen molar-refractivity contribution >= 4 is 33.1 Å². The van der Waals surface area contributed by atoms with E-state index in [0.29, 0.717) is 22.7 Å². The van der Waals surface area contributed by atoms with E-state index in [0.717, 1.165) is 44.5 Å². The third kappa shape index (κ3) is 4.80. The zero-order valence-electron chi connectivity index (χ0n) is 24.4. The molecular weight excluding hydrogens is 703 g/mol. The molecule has 7 rings (SSSR count). The van der Waals surface area contributed by atoms with E-state index >= 15 is 0 Å². The molecular formula is C36H30N2O3Pt. The molecule has 0 saturated heterocycles. The van der Waals surface area contributed by atoms with Crippen molar-refractivity contribution in [2.45, 2.75) is 52.4 Å². The van der Waals surface area contributed by atoms with Gasteiger partial charge in [0.1, 0.15) is 11.2 Å². The summed E-state index contributed by atoms with van der Waals surface area (Å²) in [4.78, 5) is 9.42. The number of furan rings is 2. The number of hydrogen-bond donors (Lipinski definition) is 0. The van der Waals surface area contributed by atoms with Gasteiger partial charge in [-0.1, -0.05) is 83.5 Å². The molecule has 0 fully saturated rings. The first-order chi connectivity index (χ1) is 19.6. The third-order valence-electron chi connectivity index (χ3n) is 7.56. The Morgan fingerprint density at radius 1 is 0.690 bits per heavy atom. The van der Waals surface area contributed by atoms with Gasteiger partial charge < -0.3 is 23.5 Å². The molecule has 0 N–H and O–H groups in total.